The van der Waals surface area contributed by atoms with Crippen molar-refractivity contribution in [2.24, 2.45) is 28.9 Å². The van der Waals surface area contributed by atoms with Crippen LogP contribution < -0.4 is 11.1 Å². The van der Waals surface area contributed by atoms with Gasteiger partial charge in [0, 0.05) is 43.1 Å². The van der Waals surface area contributed by atoms with E-state index in [9.17, 15) is 28.6 Å². The molecule has 3 bridgehead atoms. The molecule has 1 saturated heterocycles. The molecule has 6 atom stereocenters. The molecule has 1 heterocycles. The standard InChI is InChI=1S/C31H48F2N4O4/c1-18(2)20(28(40)35-25-8-9-31(41)13-19-11-30(25,12-19)16-31)10-24(38)22(34)14-36-15-26(39)37(17-29(36,3)4)23-7-5-6-21(32)27(23)33/h5,7,18-22,24-25,38,41H,6,8-17,34H2,1-4H3,(H,35,40)/t19?,20-,21?,22-,24-,25?,30?,31?/m0/s1. The molecule has 3 unspecified atom stereocenters. The molecule has 2 amide bonds. The highest BCUT2D eigenvalue weighted by molar-refractivity contribution is 5.82. The molecule has 5 N–H and O–H groups in total. The largest absolute Gasteiger partial charge is 0.391 e. The lowest BCUT2D eigenvalue weighted by molar-refractivity contribution is -0.186. The first-order chi connectivity index (χ1) is 19.1. The van der Waals surface area contributed by atoms with E-state index < -0.39 is 41.2 Å². The first-order valence-corrected chi connectivity index (χ1v) is 15.4. The molecule has 0 aromatic rings. The second-order valence-corrected chi connectivity index (χ2v) is 14.7. The summed E-state index contributed by atoms with van der Waals surface area (Å²) in [5.74, 6) is -1.23. The van der Waals surface area contributed by atoms with Gasteiger partial charge < -0.3 is 26.2 Å². The van der Waals surface area contributed by atoms with Crippen LogP contribution in [0, 0.1) is 23.2 Å². The van der Waals surface area contributed by atoms with Gasteiger partial charge in [-0.2, -0.15) is 0 Å². The van der Waals surface area contributed by atoms with Crippen molar-refractivity contribution in [1.29, 1.82) is 0 Å². The third-order valence-corrected chi connectivity index (χ3v) is 10.7. The highest BCUT2D eigenvalue weighted by Gasteiger charge is 2.62. The molecule has 6 aliphatic rings. The summed E-state index contributed by atoms with van der Waals surface area (Å²) in [4.78, 5) is 29.7. The van der Waals surface area contributed by atoms with E-state index in [1.165, 1.54) is 17.1 Å². The lowest BCUT2D eigenvalue weighted by Crippen LogP contribution is -2.66. The van der Waals surface area contributed by atoms with Gasteiger partial charge in [-0.3, -0.25) is 14.5 Å². The van der Waals surface area contributed by atoms with Gasteiger partial charge in [-0.1, -0.05) is 19.9 Å². The van der Waals surface area contributed by atoms with Gasteiger partial charge >= 0.3 is 0 Å². The zero-order valence-corrected chi connectivity index (χ0v) is 24.9. The van der Waals surface area contributed by atoms with E-state index in [1.54, 1.807) is 0 Å². The van der Waals surface area contributed by atoms with Crippen molar-refractivity contribution >= 4 is 11.8 Å². The number of halogens is 2. The molecule has 8 nitrogen and oxygen atoms in total. The van der Waals surface area contributed by atoms with E-state index in [0.29, 0.717) is 12.3 Å². The molecule has 230 valence electrons. The second-order valence-electron chi connectivity index (χ2n) is 14.7. The summed E-state index contributed by atoms with van der Waals surface area (Å²) >= 11 is 0. The number of nitrogens with two attached hydrogens (primary N) is 1. The van der Waals surface area contributed by atoms with Gasteiger partial charge in [0.05, 0.1) is 23.9 Å². The number of carbonyl (C=O) groups is 2. The van der Waals surface area contributed by atoms with Gasteiger partial charge in [0.1, 0.15) is 0 Å². The molecule has 1 aliphatic heterocycles. The Balaban J connectivity index is 1.19. The minimum atomic E-state index is -1.74. The first kappa shape index (κ1) is 30.6. The number of rotatable bonds is 9. The van der Waals surface area contributed by atoms with Crippen LogP contribution in [0.4, 0.5) is 8.78 Å². The number of hydrogen-bond acceptors (Lipinski definition) is 6. The van der Waals surface area contributed by atoms with Gasteiger partial charge in [0.25, 0.3) is 0 Å². The molecule has 6 rings (SSSR count). The second kappa shape index (κ2) is 11.0. The highest BCUT2D eigenvalue weighted by Crippen LogP contribution is 2.64. The van der Waals surface area contributed by atoms with Gasteiger partial charge in [-0.05, 0) is 82.1 Å². The van der Waals surface area contributed by atoms with Gasteiger partial charge in [0.2, 0.25) is 11.8 Å². The van der Waals surface area contributed by atoms with Crippen molar-refractivity contribution in [3.05, 3.63) is 23.7 Å². The monoisotopic (exact) mass is 578 g/mol. The fourth-order valence-electron chi connectivity index (χ4n) is 8.39. The van der Waals surface area contributed by atoms with E-state index in [0.717, 1.165) is 32.1 Å². The summed E-state index contributed by atoms with van der Waals surface area (Å²) in [5, 5.41) is 25.3. The number of hydrogen-bond donors (Lipinski definition) is 4. The molecule has 4 saturated carbocycles. The van der Waals surface area contributed by atoms with E-state index in [4.69, 9.17) is 5.73 Å². The van der Waals surface area contributed by atoms with Crippen molar-refractivity contribution in [3.8, 4) is 0 Å². The van der Waals surface area contributed by atoms with Crippen LogP contribution in [0.3, 0.4) is 0 Å². The normalized spacial score (nSPS) is 37.1. The molecule has 0 radical (unpaired) electrons. The lowest BCUT2D eigenvalue weighted by atomic mass is 9.44. The number of piperazine rings is 1. The average molecular weight is 579 g/mol. The number of nitrogens with one attached hydrogen (secondary N) is 1. The Labute approximate surface area is 242 Å². The van der Waals surface area contributed by atoms with Crippen LogP contribution in [0.15, 0.2) is 23.7 Å². The van der Waals surface area contributed by atoms with Crippen LogP contribution in [0.5, 0.6) is 0 Å². The Morgan fingerprint density at radius 3 is 2.66 bits per heavy atom. The zero-order valence-electron chi connectivity index (χ0n) is 24.9. The molecule has 5 aliphatic carbocycles. The fourth-order valence-corrected chi connectivity index (χ4v) is 8.39. The first-order valence-electron chi connectivity index (χ1n) is 15.4. The molecule has 1 spiro atoms. The molecular formula is C31H48F2N4O4. The summed E-state index contributed by atoms with van der Waals surface area (Å²) in [6, 6.07) is -0.661. The Morgan fingerprint density at radius 2 is 1.98 bits per heavy atom. The summed E-state index contributed by atoms with van der Waals surface area (Å²) in [5.41, 5.74) is 5.27. The zero-order chi connectivity index (χ0) is 29.9. The third kappa shape index (κ3) is 5.86. The Morgan fingerprint density at radius 1 is 1.27 bits per heavy atom. The molecule has 10 heteroatoms. The predicted octanol–water partition coefficient (Wildman–Crippen LogP) is 2.94. The maximum Gasteiger partial charge on any atom is 0.241 e. The fraction of sp³-hybridized carbons (Fsp3) is 0.806. The van der Waals surface area contributed by atoms with Crippen molar-refractivity contribution in [3.63, 3.8) is 0 Å². The average Bonchev–Trinajstić information content (AvgIpc) is 2.86. The van der Waals surface area contributed by atoms with Crippen molar-refractivity contribution in [1.82, 2.24) is 15.1 Å². The van der Waals surface area contributed by atoms with E-state index in [1.807, 2.05) is 32.6 Å². The number of carbonyl (C=O) groups excluding carboxylic acids is 2. The van der Waals surface area contributed by atoms with Crippen molar-refractivity contribution in [2.75, 3.05) is 19.6 Å². The summed E-state index contributed by atoms with van der Waals surface area (Å²) in [7, 11) is 0. The number of nitrogens with zero attached hydrogens (tertiary/aromatic N) is 2. The number of amides is 2. The van der Waals surface area contributed by atoms with E-state index in [-0.39, 0.29) is 67.4 Å². The molecule has 41 heavy (non-hydrogen) atoms. The quantitative estimate of drug-likeness (QED) is 0.334. The van der Waals surface area contributed by atoms with Crippen molar-refractivity contribution in [2.45, 2.75) is 115 Å². The predicted molar refractivity (Wildman–Crippen MR) is 152 cm³/mol. The van der Waals surface area contributed by atoms with Crippen LogP contribution in [-0.2, 0) is 9.59 Å². The van der Waals surface area contributed by atoms with Crippen LogP contribution in [0.2, 0.25) is 0 Å². The maximum absolute atomic E-state index is 14.5. The Bertz CT molecular complexity index is 1100. The molecule has 0 aromatic carbocycles. The van der Waals surface area contributed by atoms with Crippen LogP contribution >= 0.6 is 0 Å². The Kier molecular flexibility index (Phi) is 8.20. The number of aliphatic hydroxyl groups excluding tert-OH is 1. The number of allylic oxidation sites excluding steroid dienone is 3. The number of aliphatic hydroxyl groups is 2. The maximum atomic E-state index is 14.5. The smallest absolute Gasteiger partial charge is 0.241 e. The Hall–Kier alpha value is -1.88. The minimum absolute atomic E-state index is 0.000118. The van der Waals surface area contributed by atoms with Crippen LogP contribution in [0.25, 0.3) is 0 Å². The number of alkyl halides is 1. The van der Waals surface area contributed by atoms with Crippen LogP contribution in [-0.4, -0.2) is 87.0 Å². The van der Waals surface area contributed by atoms with E-state index in [2.05, 4.69) is 5.32 Å². The van der Waals surface area contributed by atoms with Crippen molar-refractivity contribution < 1.29 is 28.6 Å². The van der Waals surface area contributed by atoms with E-state index >= 15 is 0 Å². The van der Waals surface area contributed by atoms with Gasteiger partial charge in [0.15, 0.2) is 12.0 Å². The summed E-state index contributed by atoms with van der Waals surface area (Å²) < 4.78 is 28.5. The topological polar surface area (TPSA) is 119 Å². The SMILES string of the molecule is CC(C)[C@H](C[C@H](O)[C@@H](N)CN1CC(=O)N(C2=C(F)C(F)CC=C2)CC1(C)C)C(=O)NC1CCC2(O)CC3CC1(C3)C2. The summed E-state index contributed by atoms with van der Waals surface area (Å²) in [6.07, 6.45) is 5.72. The van der Waals surface area contributed by atoms with Crippen LogP contribution in [0.1, 0.15) is 79.1 Å². The van der Waals surface area contributed by atoms with Gasteiger partial charge in [-0.15, -0.1) is 0 Å². The third-order valence-electron chi connectivity index (χ3n) is 10.7. The molecule has 0 aromatic heterocycles. The van der Waals surface area contributed by atoms with Gasteiger partial charge in [-0.25, -0.2) is 8.78 Å². The molecule has 5 fully saturated rings. The summed E-state index contributed by atoms with van der Waals surface area (Å²) in [6.45, 7) is 8.09. The minimum Gasteiger partial charge on any atom is -0.391 e. The molecular weight excluding hydrogens is 530 g/mol. The lowest BCUT2D eigenvalue weighted by Gasteiger charge is -2.64. The highest BCUT2D eigenvalue weighted by atomic mass is 19.2.